The van der Waals surface area contributed by atoms with Crippen molar-refractivity contribution in [2.24, 2.45) is 0 Å². The van der Waals surface area contributed by atoms with Crippen LogP contribution in [0.15, 0.2) is 58.1 Å². The Kier molecular flexibility index (Phi) is 4.01. The predicted octanol–water partition coefficient (Wildman–Crippen LogP) is 2.58. The van der Waals surface area contributed by atoms with Crippen molar-refractivity contribution < 1.29 is 9.53 Å². The van der Waals surface area contributed by atoms with E-state index < -0.39 is 0 Å². The molecule has 25 heavy (non-hydrogen) atoms. The first-order valence-electron chi connectivity index (χ1n) is 7.80. The second kappa shape index (κ2) is 6.33. The van der Waals surface area contributed by atoms with E-state index in [4.69, 9.17) is 4.74 Å². The molecule has 2 aromatic carbocycles. The van der Waals surface area contributed by atoms with Crippen molar-refractivity contribution in [3.63, 3.8) is 0 Å². The molecule has 0 saturated heterocycles. The summed E-state index contributed by atoms with van der Waals surface area (Å²) in [6, 6.07) is 12.7. The summed E-state index contributed by atoms with van der Waals surface area (Å²) in [6.45, 7) is 0.820. The van der Waals surface area contributed by atoms with Crippen molar-refractivity contribution in [3.8, 4) is 5.75 Å². The van der Waals surface area contributed by atoms with Gasteiger partial charge in [-0.1, -0.05) is 28.1 Å². The van der Waals surface area contributed by atoms with Gasteiger partial charge in [0.15, 0.2) is 0 Å². The lowest BCUT2D eigenvalue weighted by Crippen LogP contribution is -2.41. The minimum atomic E-state index is -0.235. The van der Waals surface area contributed by atoms with Crippen LogP contribution in [-0.4, -0.2) is 28.6 Å². The Bertz CT molecular complexity index is 1030. The number of para-hydroxylation sites is 2. The molecule has 0 spiro atoms. The zero-order chi connectivity index (χ0) is 17.4. The summed E-state index contributed by atoms with van der Waals surface area (Å²) in [4.78, 5) is 31.3. The molecule has 0 N–H and O–H groups in total. The summed E-state index contributed by atoms with van der Waals surface area (Å²) < 4.78 is 7.71. The summed E-state index contributed by atoms with van der Waals surface area (Å²) in [6.07, 6.45) is 1.42. The molecule has 7 heteroatoms. The molecule has 1 aliphatic heterocycles. The van der Waals surface area contributed by atoms with Crippen LogP contribution in [0.5, 0.6) is 5.75 Å². The fraction of sp³-hybridized carbons (Fsp3) is 0.167. The van der Waals surface area contributed by atoms with E-state index in [2.05, 4.69) is 20.9 Å². The molecule has 1 amide bonds. The third-order valence-corrected chi connectivity index (χ3v) is 4.61. The van der Waals surface area contributed by atoms with Crippen LogP contribution in [0.3, 0.4) is 0 Å². The molecule has 0 fully saturated rings. The van der Waals surface area contributed by atoms with E-state index in [1.165, 1.54) is 10.9 Å². The maximum atomic E-state index is 12.8. The predicted molar refractivity (Wildman–Crippen MR) is 98.0 cm³/mol. The molecule has 3 aromatic rings. The van der Waals surface area contributed by atoms with Crippen molar-refractivity contribution >= 4 is 38.4 Å². The summed E-state index contributed by atoms with van der Waals surface area (Å²) in [5.41, 5.74) is 1.10. The van der Waals surface area contributed by atoms with E-state index in [0.717, 1.165) is 10.2 Å². The highest BCUT2D eigenvalue weighted by Crippen LogP contribution is 2.31. The number of ether oxygens (including phenoxy) is 1. The van der Waals surface area contributed by atoms with Crippen LogP contribution < -0.4 is 15.2 Å². The van der Waals surface area contributed by atoms with E-state index in [0.29, 0.717) is 29.8 Å². The first kappa shape index (κ1) is 15.8. The number of hydrogen-bond donors (Lipinski definition) is 0. The molecule has 0 atom stereocenters. The Labute approximate surface area is 151 Å². The summed E-state index contributed by atoms with van der Waals surface area (Å²) in [5.74, 6) is 0.504. The number of fused-ring (bicyclic) bond motifs is 2. The van der Waals surface area contributed by atoms with E-state index in [9.17, 15) is 9.59 Å². The van der Waals surface area contributed by atoms with Crippen LogP contribution in [0.2, 0.25) is 0 Å². The highest BCUT2D eigenvalue weighted by Gasteiger charge is 2.23. The van der Waals surface area contributed by atoms with Crippen LogP contribution in [0.1, 0.15) is 0 Å². The Hall–Kier alpha value is -2.67. The minimum absolute atomic E-state index is 0.0668. The molecule has 0 bridgehead atoms. The molecule has 0 saturated carbocycles. The number of hydrogen-bond acceptors (Lipinski definition) is 4. The molecule has 1 aliphatic rings. The number of carbonyl (C=O) groups is 1. The molecule has 6 nitrogen and oxygen atoms in total. The summed E-state index contributed by atoms with van der Waals surface area (Å²) in [5, 5.41) is 0.479. The lowest BCUT2D eigenvalue weighted by Gasteiger charge is -2.29. The van der Waals surface area contributed by atoms with Gasteiger partial charge in [0.05, 0.1) is 29.5 Å². The zero-order valence-electron chi connectivity index (χ0n) is 13.2. The molecule has 0 aliphatic carbocycles. The molecule has 0 unspecified atom stereocenters. The minimum Gasteiger partial charge on any atom is -0.490 e. The van der Waals surface area contributed by atoms with Crippen molar-refractivity contribution in [2.45, 2.75) is 6.54 Å². The van der Waals surface area contributed by atoms with E-state index in [1.807, 2.05) is 30.3 Å². The Morgan fingerprint density at radius 2 is 2.08 bits per heavy atom. The maximum Gasteiger partial charge on any atom is 0.261 e. The third-order valence-electron chi connectivity index (χ3n) is 4.12. The van der Waals surface area contributed by atoms with Gasteiger partial charge in [0.25, 0.3) is 5.56 Å². The smallest absolute Gasteiger partial charge is 0.261 e. The largest absolute Gasteiger partial charge is 0.490 e. The van der Waals surface area contributed by atoms with Gasteiger partial charge in [-0.15, -0.1) is 0 Å². The van der Waals surface area contributed by atoms with Crippen molar-refractivity contribution in [3.05, 3.63) is 63.6 Å². The van der Waals surface area contributed by atoms with Gasteiger partial charge >= 0.3 is 0 Å². The number of anilines is 1. The number of carbonyl (C=O) groups excluding carboxylic acids is 1. The van der Waals surface area contributed by atoms with Crippen LogP contribution in [0.4, 0.5) is 5.69 Å². The number of aromatic nitrogens is 2. The molecular weight excluding hydrogens is 386 g/mol. The van der Waals surface area contributed by atoms with Crippen LogP contribution >= 0.6 is 15.9 Å². The van der Waals surface area contributed by atoms with Crippen LogP contribution in [-0.2, 0) is 11.3 Å². The summed E-state index contributed by atoms with van der Waals surface area (Å²) >= 11 is 3.36. The average Bonchev–Trinajstić information content (AvgIpc) is 2.64. The van der Waals surface area contributed by atoms with Gasteiger partial charge in [0, 0.05) is 4.47 Å². The highest BCUT2D eigenvalue weighted by atomic mass is 79.9. The standard InChI is InChI=1S/C18H14BrN3O3/c19-12-5-6-14-13(9-12)18(24)21(11-20-14)10-17(23)22-7-8-25-16-4-2-1-3-15(16)22/h1-6,9,11H,7-8,10H2. The molecule has 126 valence electrons. The molecule has 0 radical (unpaired) electrons. The first-order valence-corrected chi connectivity index (χ1v) is 8.60. The highest BCUT2D eigenvalue weighted by molar-refractivity contribution is 9.10. The molecule has 2 heterocycles. The number of amides is 1. The number of halogens is 1. The van der Waals surface area contributed by atoms with Crippen molar-refractivity contribution in [1.82, 2.24) is 9.55 Å². The van der Waals surface area contributed by atoms with Gasteiger partial charge < -0.3 is 9.64 Å². The van der Waals surface area contributed by atoms with Gasteiger partial charge in [-0.25, -0.2) is 4.98 Å². The van der Waals surface area contributed by atoms with Crippen LogP contribution in [0.25, 0.3) is 10.9 Å². The van der Waals surface area contributed by atoms with Gasteiger partial charge in [0.2, 0.25) is 5.91 Å². The Morgan fingerprint density at radius 3 is 2.96 bits per heavy atom. The topological polar surface area (TPSA) is 64.4 Å². The first-order chi connectivity index (χ1) is 12.1. The second-order valence-electron chi connectivity index (χ2n) is 5.70. The molecular formula is C18H14BrN3O3. The Balaban J connectivity index is 1.67. The molecule has 1 aromatic heterocycles. The van der Waals surface area contributed by atoms with E-state index in [-0.39, 0.29) is 18.0 Å². The van der Waals surface area contributed by atoms with Gasteiger partial charge in [0.1, 0.15) is 18.9 Å². The SMILES string of the molecule is O=C(Cn1cnc2ccc(Br)cc2c1=O)N1CCOc2ccccc21. The normalized spacial score (nSPS) is 13.4. The lowest BCUT2D eigenvalue weighted by atomic mass is 10.2. The Morgan fingerprint density at radius 1 is 1.24 bits per heavy atom. The number of nitrogens with zero attached hydrogens (tertiary/aromatic N) is 3. The number of benzene rings is 2. The summed E-state index contributed by atoms with van der Waals surface area (Å²) in [7, 11) is 0. The van der Waals surface area contributed by atoms with E-state index >= 15 is 0 Å². The lowest BCUT2D eigenvalue weighted by molar-refractivity contribution is -0.119. The quantitative estimate of drug-likeness (QED) is 0.664. The monoisotopic (exact) mass is 399 g/mol. The van der Waals surface area contributed by atoms with Gasteiger partial charge in [-0.2, -0.15) is 0 Å². The zero-order valence-corrected chi connectivity index (χ0v) is 14.8. The van der Waals surface area contributed by atoms with Crippen molar-refractivity contribution in [2.75, 3.05) is 18.1 Å². The molecule has 4 rings (SSSR count). The third kappa shape index (κ3) is 2.91. The maximum absolute atomic E-state index is 12.8. The fourth-order valence-corrected chi connectivity index (χ4v) is 3.26. The fourth-order valence-electron chi connectivity index (χ4n) is 2.90. The van der Waals surface area contributed by atoms with Crippen molar-refractivity contribution in [1.29, 1.82) is 0 Å². The number of rotatable bonds is 2. The van der Waals surface area contributed by atoms with Gasteiger partial charge in [-0.05, 0) is 30.3 Å². The van der Waals surface area contributed by atoms with Crippen LogP contribution in [0, 0.1) is 0 Å². The second-order valence-corrected chi connectivity index (χ2v) is 6.62. The average molecular weight is 400 g/mol. The van der Waals surface area contributed by atoms with E-state index in [1.54, 1.807) is 17.0 Å². The van der Waals surface area contributed by atoms with Gasteiger partial charge in [-0.3, -0.25) is 14.2 Å².